The van der Waals surface area contributed by atoms with Gasteiger partial charge in [0, 0.05) is 12.6 Å². The van der Waals surface area contributed by atoms with Gasteiger partial charge >= 0.3 is 6.18 Å². The van der Waals surface area contributed by atoms with E-state index in [-0.39, 0.29) is 6.04 Å². The number of nitrogens with zero attached hydrogens (tertiary/aromatic N) is 1. The van der Waals surface area contributed by atoms with Crippen molar-refractivity contribution in [2.45, 2.75) is 50.7 Å². The Balaban J connectivity index is 1.82. The molecule has 0 aromatic carbocycles. The maximum absolute atomic E-state index is 12.8. The predicted molar refractivity (Wildman–Crippen MR) is 70.0 cm³/mol. The average Bonchev–Trinajstić information content (AvgIpc) is 2.39. The Morgan fingerprint density at radius 2 is 1.95 bits per heavy atom. The van der Waals surface area contributed by atoms with E-state index in [0.717, 1.165) is 26.1 Å². The second-order valence-corrected chi connectivity index (χ2v) is 6.21. The van der Waals surface area contributed by atoms with Crippen molar-refractivity contribution in [1.82, 2.24) is 10.2 Å². The maximum Gasteiger partial charge on any atom is 0.391 e. The van der Waals surface area contributed by atoms with E-state index in [4.69, 9.17) is 0 Å². The van der Waals surface area contributed by atoms with Crippen molar-refractivity contribution >= 4 is 0 Å². The van der Waals surface area contributed by atoms with Crippen LogP contribution < -0.4 is 5.32 Å². The third-order valence-electron chi connectivity index (χ3n) is 4.68. The number of hydrogen-bond acceptors (Lipinski definition) is 2. The SMILES string of the molecule is CN(CC1CCCNC1)C1CCCC(C(F)(F)F)C1. The molecule has 5 heteroatoms. The van der Waals surface area contributed by atoms with Crippen molar-refractivity contribution in [2.75, 3.05) is 26.7 Å². The molecular weight excluding hydrogens is 253 g/mol. The normalized spacial score (nSPS) is 33.6. The minimum Gasteiger partial charge on any atom is -0.316 e. The van der Waals surface area contributed by atoms with Crippen LogP contribution in [-0.2, 0) is 0 Å². The van der Waals surface area contributed by atoms with Crippen LogP contribution >= 0.6 is 0 Å². The van der Waals surface area contributed by atoms with Gasteiger partial charge in [-0.15, -0.1) is 0 Å². The Bertz CT molecular complexity index is 274. The lowest BCUT2D eigenvalue weighted by atomic mass is 9.84. The number of nitrogens with one attached hydrogen (secondary N) is 1. The van der Waals surface area contributed by atoms with Gasteiger partial charge in [-0.1, -0.05) is 6.42 Å². The molecule has 112 valence electrons. The number of piperidine rings is 1. The van der Waals surface area contributed by atoms with E-state index < -0.39 is 12.1 Å². The van der Waals surface area contributed by atoms with E-state index in [9.17, 15) is 13.2 Å². The Kier molecular flexibility index (Phi) is 5.12. The fourth-order valence-electron chi connectivity index (χ4n) is 3.50. The minimum absolute atomic E-state index is 0.113. The zero-order valence-corrected chi connectivity index (χ0v) is 11.7. The van der Waals surface area contributed by atoms with Gasteiger partial charge in [-0.25, -0.2) is 0 Å². The van der Waals surface area contributed by atoms with E-state index >= 15 is 0 Å². The monoisotopic (exact) mass is 278 g/mol. The van der Waals surface area contributed by atoms with Crippen LogP contribution in [0.1, 0.15) is 38.5 Å². The fraction of sp³-hybridized carbons (Fsp3) is 1.00. The first-order valence-electron chi connectivity index (χ1n) is 7.44. The van der Waals surface area contributed by atoms with Gasteiger partial charge in [0.25, 0.3) is 0 Å². The van der Waals surface area contributed by atoms with Gasteiger partial charge in [0.15, 0.2) is 0 Å². The molecule has 0 radical (unpaired) electrons. The van der Waals surface area contributed by atoms with Gasteiger partial charge in [0.05, 0.1) is 5.92 Å². The molecule has 0 spiro atoms. The lowest BCUT2D eigenvalue weighted by molar-refractivity contribution is -0.186. The van der Waals surface area contributed by atoms with Gasteiger partial charge in [0.2, 0.25) is 0 Å². The van der Waals surface area contributed by atoms with Crippen molar-refractivity contribution in [3.63, 3.8) is 0 Å². The van der Waals surface area contributed by atoms with E-state index in [1.165, 1.54) is 12.8 Å². The summed E-state index contributed by atoms with van der Waals surface area (Å²) in [5.74, 6) is -0.483. The molecule has 2 nitrogen and oxygen atoms in total. The third kappa shape index (κ3) is 4.35. The molecule has 0 aromatic rings. The molecule has 1 heterocycles. The van der Waals surface area contributed by atoms with E-state index in [0.29, 0.717) is 25.2 Å². The molecule has 1 saturated heterocycles. The van der Waals surface area contributed by atoms with Gasteiger partial charge < -0.3 is 10.2 Å². The Hall–Kier alpha value is -0.290. The molecule has 2 rings (SSSR count). The number of hydrogen-bond donors (Lipinski definition) is 1. The molecule has 1 aliphatic carbocycles. The molecule has 1 saturated carbocycles. The van der Waals surface area contributed by atoms with Crippen LogP contribution in [0.5, 0.6) is 0 Å². The largest absolute Gasteiger partial charge is 0.391 e. The van der Waals surface area contributed by atoms with Crippen molar-refractivity contribution in [3.8, 4) is 0 Å². The highest BCUT2D eigenvalue weighted by Crippen LogP contribution is 2.38. The zero-order chi connectivity index (χ0) is 13.9. The molecule has 1 aliphatic heterocycles. The standard InChI is InChI=1S/C14H25F3N2/c1-19(10-11-4-3-7-18-9-11)13-6-2-5-12(8-13)14(15,16)17/h11-13,18H,2-10H2,1H3. The van der Waals surface area contributed by atoms with Crippen molar-refractivity contribution in [1.29, 1.82) is 0 Å². The topological polar surface area (TPSA) is 15.3 Å². The van der Waals surface area contributed by atoms with Crippen LogP contribution in [0, 0.1) is 11.8 Å². The van der Waals surface area contributed by atoms with Crippen molar-refractivity contribution in [2.24, 2.45) is 11.8 Å². The van der Waals surface area contributed by atoms with E-state index in [1.807, 2.05) is 7.05 Å². The molecule has 0 aromatic heterocycles. The summed E-state index contributed by atoms with van der Waals surface area (Å²) >= 11 is 0. The molecule has 19 heavy (non-hydrogen) atoms. The molecule has 2 aliphatic rings. The lowest BCUT2D eigenvalue weighted by Gasteiger charge is -2.38. The van der Waals surface area contributed by atoms with Crippen LogP contribution in [0.2, 0.25) is 0 Å². The maximum atomic E-state index is 12.8. The highest BCUT2D eigenvalue weighted by atomic mass is 19.4. The summed E-state index contributed by atoms with van der Waals surface area (Å²) < 4.78 is 38.4. The van der Waals surface area contributed by atoms with Crippen LogP contribution in [0.4, 0.5) is 13.2 Å². The molecule has 0 amide bonds. The van der Waals surface area contributed by atoms with Crippen molar-refractivity contribution < 1.29 is 13.2 Å². The predicted octanol–water partition coefficient (Wildman–Crippen LogP) is 3.04. The van der Waals surface area contributed by atoms with Crippen LogP contribution in [0.15, 0.2) is 0 Å². The fourth-order valence-corrected chi connectivity index (χ4v) is 3.50. The molecule has 1 N–H and O–H groups in total. The van der Waals surface area contributed by atoms with Gasteiger partial charge in [-0.2, -0.15) is 13.2 Å². The summed E-state index contributed by atoms with van der Waals surface area (Å²) in [5.41, 5.74) is 0. The Morgan fingerprint density at radius 1 is 1.16 bits per heavy atom. The molecule has 3 unspecified atom stereocenters. The summed E-state index contributed by atoms with van der Waals surface area (Å²) in [5, 5.41) is 3.37. The summed E-state index contributed by atoms with van der Waals surface area (Å²) in [6, 6.07) is 0.113. The summed E-state index contributed by atoms with van der Waals surface area (Å²) in [6.45, 7) is 3.03. The second-order valence-electron chi connectivity index (χ2n) is 6.21. The first-order chi connectivity index (χ1) is 8.97. The molecule has 0 bridgehead atoms. The lowest BCUT2D eigenvalue weighted by Crippen LogP contribution is -2.44. The minimum atomic E-state index is -4.01. The quantitative estimate of drug-likeness (QED) is 0.853. The molecular formula is C14H25F3N2. The van der Waals surface area contributed by atoms with Crippen LogP contribution in [-0.4, -0.2) is 43.8 Å². The van der Waals surface area contributed by atoms with Crippen LogP contribution in [0.3, 0.4) is 0 Å². The van der Waals surface area contributed by atoms with Crippen LogP contribution in [0.25, 0.3) is 0 Å². The third-order valence-corrected chi connectivity index (χ3v) is 4.68. The number of rotatable bonds is 3. The Morgan fingerprint density at radius 3 is 2.58 bits per heavy atom. The summed E-state index contributed by atoms with van der Waals surface area (Å²) in [7, 11) is 2.00. The second kappa shape index (κ2) is 6.44. The van der Waals surface area contributed by atoms with Gasteiger partial charge in [-0.05, 0) is 58.2 Å². The summed E-state index contributed by atoms with van der Waals surface area (Å²) in [4.78, 5) is 2.18. The molecule has 3 atom stereocenters. The van der Waals surface area contributed by atoms with Crippen molar-refractivity contribution in [3.05, 3.63) is 0 Å². The highest BCUT2D eigenvalue weighted by Gasteiger charge is 2.42. The van der Waals surface area contributed by atoms with E-state index in [1.54, 1.807) is 0 Å². The highest BCUT2D eigenvalue weighted by molar-refractivity contribution is 4.84. The Labute approximate surface area is 113 Å². The number of halogens is 3. The average molecular weight is 278 g/mol. The van der Waals surface area contributed by atoms with Gasteiger partial charge in [0.1, 0.15) is 0 Å². The number of alkyl halides is 3. The van der Waals surface area contributed by atoms with E-state index in [2.05, 4.69) is 10.2 Å². The zero-order valence-electron chi connectivity index (χ0n) is 11.7. The first-order valence-corrected chi connectivity index (χ1v) is 7.44. The smallest absolute Gasteiger partial charge is 0.316 e. The molecule has 2 fully saturated rings. The first kappa shape index (κ1) is 15.1. The van der Waals surface area contributed by atoms with Gasteiger partial charge in [-0.3, -0.25) is 0 Å². The summed E-state index contributed by atoms with van der Waals surface area (Å²) in [6.07, 6.45) is 0.622.